The van der Waals surface area contributed by atoms with Crippen LogP contribution in [0.15, 0.2) is 41.9 Å². The van der Waals surface area contributed by atoms with Crippen molar-refractivity contribution in [3.8, 4) is 0 Å². The van der Waals surface area contributed by atoms with Crippen LogP contribution in [-0.2, 0) is 0 Å². The molecule has 6 heteroatoms. The van der Waals surface area contributed by atoms with Crippen molar-refractivity contribution in [1.82, 2.24) is 9.97 Å². The summed E-state index contributed by atoms with van der Waals surface area (Å²) in [6.45, 7) is 0. The van der Waals surface area contributed by atoms with E-state index >= 15 is 0 Å². The van der Waals surface area contributed by atoms with Crippen LogP contribution in [0, 0.1) is 0 Å². The van der Waals surface area contributed by atoms with Crippen LogP contribution in [0.5, 0.6) is 0 Å². The quantitative estimate of drug-likeness (QED) is 0.733. The number of aromatic nitrogens is 2. The van der Waals surface area contributed by atoms with E-state index in [-0.39, 0.29) is 5.91 Å². The smallest absolute Gasteiger partial charge is 0.284 e. The second kappa shape index (κ2) is 4.95. The Morgan fingerprint density at radius 1 is 1.26 bits per heavy atom. The molecule has 2 heterocycles. The molecule has 94 valence electrons. The minimum Gasteiger partial charge on any atom is -0.318 e. The predicted molar refractivity (Wildman–Crippen MR) is 76.8 cm³/mol. The number of thiazole rings is 1. The number of pyridine rings is 1. The zero-order valence-electron chi connectivity index (χ0n) is 9.63. The Bertz CT molecular complexity index is 743. The molecular weight excluding hydrogens is 282 g/mol. The van der Waals surface area contributed by atoms with Crippen LogP contribution in [0.25, 0.3) is 10.9 Å². The van der Waals surface area contributed by atoms with E-state index in [0.29, 0.717) is 21.4 Å². The topological polar surface area (TPSA) is 54.9 Å². The van der Waals surface area contributed by atoms with E-state index in [0.717, 1.165) is 5.39 Å². The van der Waals surface area contributed by atoms with E-state index in [2.05, 4.69) is 15.3 Å². The number of amides is 1. The van der Waals surface area contributed by atoms with Crippen LogP contribution >= 0.6 is 22.9 Å². The maximum Gasteiger partial charge on any atom is 0.284 e. The predicted octanol–water partition coefficient (Wildman–Crippen LogP) is 3.60. The number of hydrogen-bond donors (Lipinski definition) is 1. The van der Waals surface area contributed by atoms with Gasteiger partial charge in [-0.25, -0.2) is 9.97 Å². The highest BCUT2D eigenvalue weighted by molar-refractivity contribution is 7.11. The molecule has 0 spiro atoms. The summed E-state index contributed by atoms with van der Waals surface area (Å²) in [6, 6.07) is 9.14. The van der Waals surface area contributed by atoms with Crippen molar-refractivity contribution in [2.75, 3.05) is 5.32 Å². The van der Waals surface area contributed by atoms with Crippen LogP contribution in [-0.4, -0.2) is 15.9 Å². The number of hydrogen-bond acceptors (Lipinski definition) is 4. The fraction of sp³-hybridized carbons (Fsp3) is 0. The first-order valence-corrected chi connectivity index (χ1v) is 6.76. The summed E-state index contributed by atoms with van der Waals surface area (Å²) in [5.41, 5.74) is 1.29. The zero-order valence-corrected chi connectivity index (χ0v) is 11.2. The summed E-state index contributed by atoms with van der Waals surface area (Å²) >= 11 is 7.18. The Morgan fingerprint density at radius 2 is 2.16 bits per heavy atom. The van der Waals surface area contributed by atoms with E-state index in [4.69, 9.17) is 11.6 Å². The highest BCUT2D eigenvalue weighted by Gasteiger charge is 2.11. The van der Waals surface area contributed by atoms with Gasteiger partial charge in [0.15, 0.2) is 5.01 Å². The highest BCUT2D eigenvalue weighted by atomic mass is 35.5. The second-order valence-corrected chi connectivity index (χ2v) is 5.08. The summed E-state index contributed by atoms with van der Waals surface area (Å²) < 4.78 is 0. The molecule has 3 aromatic rings. The average Bonchev–Trinajstić information content (AvgIpc) is 2.93. The number of carbonyl (C=O) groups excluding carboxylic acids is 1. The minimum absolute atomic E-state index is 0.246. The van der Waals surface area contributed by atoms with Crippen LogP contribution in [0.3, 0.4) is 0 Å². The molecule has 2 aromatic heterocycles. The number of nitrogens with zero attached hydrogens (tertiary/aromatic N) is 2. The second-order valence-electron chi connectivity index (χ2n) is 3.80. The molecule has 0 radical (unpaired) electrons. The molecule has 4 nitrogen and oxygen atoms in total. The van der Waals surface area contributed by atoms with Crippen molar-refractivity contribution in [3.63, 3.8) is 0 Å². The number of benzene rings is 1. The molecule has 0 fully saturated rings. The van der Waals surface area contributed by atoms with E-state index in [1.165, 1.54) is 11.3 Å². The third-order valence-corrected chi connectivity index (χ3v) is 3.54. The molecule has 0 saturated carbocycles. The number of fused-ring (bicyclic) bond motifs is 1. The lowest BCUT2D eigenvalue weighted by Crippen LogP contribution is -2.11. The van der Waals surface area contributed by atoms with Gasteiger partial charge >= 0.3 is 0 Å². The van der Waals surface area contributed by atoms with Gasteiger partial charge in [0.05, 0.1) is 11.2 Å². The molecule has 0 atom stereocenters. The number of rotatable bonds is 2. The Labute approximate surface area is 118 Å². The SMILES string of the molecule is O=C(Nc1cccc2ccc(Cl)nc12)c1nccs1. The number of carbonyl (C=O) groups is 1. The summed E-state index contributed by atoms with van der Waals surface area (Å²) in [5.74, 6) is -0.246. The third kappa shape index (κ3) is 2.43. The first kappa shape index (κ1) is 12.1. The Kier molecular flexibility index (Phi) is 3.15. The molecule has 19 heavy (non-hydrogen) atoms. The average molecular weight is 290 g/mol. The number of nitrogens with one attached hydrogen (secondary N) is 1. The Balaban J connectivity index is 2.01. The standard InChI is InChI=1S/C13H8ClN3OS/c14-10-5-4-8-2-1-3-9(11(8)17-10)16-12(18)13-15-6-7-19-13/h1-7H,(H,16,18). The van der Waals surface area contributed by atoms with Crippen molar-refractivity contribution in [3.05, 3.63) is 52.1 Å². The largest absolute Gasteiger partial charge is 0.318 e. The molecule has 3 rings (SSSR count). The van der Waals surface area contributed by atoms with Gasteiger partial charge in [-0.1, -0.05) is 23.7 Å². The molecule has 1 N–H and O–H groups in total. The number of anilines is 1. The monoisotopic (exact) mass is 289 g/mol. The van der Waals surface area contributed by atoms with Crippen molar-refractivity contribution in [2.45, 2.75) is 0 Å². The molecule has 0 bridgehead atoms. The lowest BCUT2D eigenvalue weighted by Gasteiger charge is -2.06. The molecule has 0 aliphatic carbocycles. The van der Waals surface area contributed by atoms with E-state index in [1.54, 1.807) is 23.7 Å². The van der Waals surface area contributed by atoms with Crippen LogP contribution in [0.1, 0.15) is 9.80 Å². The van der Waals surface area contributed by atoms with Crippen LogP contribution in [0.4, 0.5) is 5.69 Å². The zero-order chi connectivity index (χ0) is 13.2. The van der Waals surface area contributed by atoms with E-state index < -0.39 is 0 Å². The van der Waals surface area contributed by atoms with Gasteiger partial charge in [0.2, 0.25) is 0 Å². The van der Waals surface area contributed by atoms with Gasteiger partial charge in [-0.05, 0) is 18.2 Å². The Hall–Kier alpha value is -1.98. The van der Waals surface area contributed by atoms with E-state index in [9.17, 15) is 4.79 Å². The fourth-order valence-corrected chi connectivity index (χ4v) is 2.41. The van der Waals surface area contributed by atoms with Crippen molar-refractivity contribution < 1.29 is 4.79 Å². The van der Waals surface area contributed by atoms with Crippen molar-refractivity contribution in [1.29, 1.82) is 0 Å². The molecular formula is C13H8ClN3OS. The van der Waals surface area contributed by atoms with Crippen LogP contribution < -0.4 is 5.32 Å². The fourth-order valence-electron chi connectivity index (χ4n) is 1.74. The van der Waals surface area contributed by atoms with Gasteiger partial charge in [0, 0.05) is 17.0 Å². The van der Waals surface area contributed by atoms with Gasteiger partial charge in [0.25, 0.3) is 5.91 Å². The summed E-state index contributed by atoms with van der Waals surface area (Å²) in [4.78, 5) is 20.2. The number of para-hydroxylation sites is 1. The normalized spacial score (nSPS) is 10.6. The molecule has 0 aliphatic heterocycles. The number of halogens is 1. The van der Waals surface area contributed by atoms with E-state index in [1.807, 2.05) is 18.2 Å². The summed E-state index contributed by atoms with van der Waals surface area (Å²) in [7, 11) is 0. The van der Waals surface area contributed by atoms with Gasteiger partial charge in [0.1, 0.15) is 5.15 Å². The first-order valence-electron chi connectivity index (χ1n) is 5.50. The van der Waals surface area contributed by atoms with Gasteiger partial charge in [-0.15, -0.1) is 11.3 Å². The highest BCUT2D eigenvalue weighted by Crippen LogP contribution is 2.23. The molecule has 0 unspecified atom stereocenters. The van der Waals surface area contributed by atoms with Gasteiger partial charge in [-0.2, -0.15) is 0 Å². The third-order valence-electron chi connectivity index (χ3n) is 2.56. The first-order chi connectivity index (χ1) is 9.24. The lowest BCUT2D eigenvalue weighted by atomic mass is 10.2. The minimum atomic E-state index is -0.246. The molecule has 1 aromatic carbocycles. The Morgan fingerprint density at radius 3 is 2.95 bits per heavy atom. The van der Waals surface area contributed by atoms with Crippen LogP contribution in [0.2, 0.25) is 5.15 Å². The summed E-state index contributed by atoms with van der Waals surface area (Å²) in [6.07, 6.45) is 1.60. The maximum atomic E-state index is 12.0. The molecule has 1 amide bonds. The van der Waals surface area contributed by atoms with Crippen molar-refractivity contribution in [2.24, 2.45) is 0 Å². The summed E-state index contributed by atoms with van der Waals surface area (Å²) in [5, 5.41) is 6.29. The van der Waals surface area contributed by atoms with Gasteiger partial charge < -0.3 is 5.32 Å². The molecule has 0 saturated heterocycles. The maximum absolute atomic E-state index is 12.0. The molecule has 0 aliphatic rings. The van der Waals surface area contributed by atoms with Gasteiger partial charge in [-0.3, -0.25) is 4.79 Å². The van der Waals surface area contributed by atoms with Crippen molar-refractivity contribution >= 4 is 45.4 Å². The lowest BCUT2D eigenvalue weighted by molar-refractivity contribution is 0.102.